The van der Waals surface area contributed by atoms with Crippen molar-refractivity contribution in [3.05, 3.63) is 72.0 Å². The van der Waals surface area contributed by atoms with E-state index in [-0.39, 0.29) is 0 Å². The molecule has 5 heteroatoms. The van der Waals surface area contributed by atoms with Crippen LogP contribution >= 0.6 is 0 Å². The Morgan fingerprint density at radius 2 is 1.71 bits per heavy atom. The summed E-state index contributed by atoms with van der Waals surface area (Å²) in [5, 5.41) is 15.7. The summed E-state index contributed by atoms with van der Waals surface area (Å²) >= 11 is 0. The lowest BCUT2D eigenvalue weighted by atomic mass is 9.90. The van der Waals surface area contributed by atoms with Gasteiger partial charge in [0, 0.05) is 52.6 Å². The van der Waals surface area contributed by atoms with Crippen LogP contribution in [0.15, 0.2) is 65.1 Å². The average molecular weight is 557 g/mol. The molecule has 4 aromatic rings. The van der Waals surface area contributed by atoms with Gasteiger partial charge in [-0.25, -0.2) is 0 Å². The van der Waals surface area contributed by atoms with E-state index in [0.29, 0.717) is 18.5 Å². The number of hydrogen-bond acceptors (Lipinski definition) is 4. The number of carbonyl (C=O) groups is 1. The minimum Gasteiger partial charge on any atom is -0.481 e. The topological polar surface area (TPSA) is 65.7 Å². The first-order valence-electron chi connectivity index (χ1n) is 15.6. The zero-order valence-corrected chi connectivity index (χ0v) is 25.4. The summed E-state index contributed by atoms with van der Waals surface area (Å²) in [4.78, 5) is 12.6. The van der Waals surface area contributed by atoms with Gasteiger partial charge >= 0.3 is 5.97 Å². The monoisotopic (exact) mass is 556 g/mol. The molecule has 0 saturated carbocycles. The fourth-order valence-corrected chi connectivity index (χ4v) is 5.83. The number of hydrogen-bond donors (Lipinski definition) is 2. The maximum Gasteiger partial charge on any atom is 0.303 e. The molecule has 220 valence electrons. The third-order valence-corrected chi connectivity index (χ3v) is 8.47. The van der Waals surface area contributed by atoms with Crippen molar-refractivity contribution in [2.45, 2.75) is 103 Å². The molecule has 1 atom stereocenters. The molecular weight excluding hydrogens is 508 g/mol. The van der Waals surface area contributed by atoms with Crippen LogP contribution in [0.5, 0.6) is 0 Å². The summed E-state index contributed by atoms with van der Waals surface area (Å²) < 4.78 is 6.21. The molecule has 0 amide bonds. The third kappa shape index (κ3) is 8.36. The van der Waals surface area contributed by atoms with Gasteiger partial charge in [0.2, 0.25) is 0 Å². The second-order valence-corrected chi connectivity index (χ2v) is 11.8. The lowest BCUT2D eigenvalue weighted by Gasteiger charge is -2.33. The van der Waals surface area contributed by atoms with E-state index in [1.165, 1.54) is 66.0 Å². The number of likely N-dealkylation sites (N-methyl/N-ethyl adjacent to an activating group) is 1. The largest absolute Gasteiger partial charge is 0.481 e. The molecule has 2 N–H and O–H groups in total. The maximum atomic E-state index is 10.1. The lowest BCUT2D eigenvalue weighted by Crippen LogP contribution is -2.40. The van der Waals surface area contributed by atoms with Crippen LogP contribution < -0.4 is 5.32 Å². The number of furan rings is 1. The van der Waals surface area contributed by atoms with Gasteiger partial charge in [-0.1, -0.05) is 81.8 Å². The summed E-state index contributed by atoms with van der Waals surface area (Å²) in [6.45, 7) is 6.74. The fourth-order valence-electron chi connectivity index (χ4n) is 5.83. The van der Waals surface area contributed by atoms with Gasteiger partial charge in [-0.3, -0.25) is 4.79 Å². The highest BCUT2D eigenvalue weighted by molar-refractivity contribution is 5.96. The second-order valence-electron chi connectivity index (χ2n) is 11.8. The number of nitrogens with one attached hydrogen (secondary N) is 1. The van der Waals surface area contributed by atoms with Crippen molar-refractivity contribution in [3.63, 3.8) is 0 Å². The van der Waals surface area contributed by atoms with E-state index in [4.69, 9.17) is 9.52 Å². The van der Waals surface area contributed by atoms with Gasteiger partial charge < -0.3 is 19.7 Å². The van der Waals surface area contributed by atoms with E-state index in [1.807, 2.05) is 0 Å². The van der Waals surface area contributed by atoms with E-state index in [1.54, 1.807) is 0 Å². The zero-order chi connectivity index (χ0) is 29.2. The molecule has 0 radical (unpaired) electrons. The average Bonchev–Trinajstić information content (AvgIpc) is 3.34. The number of aryl methyl sites for hydroxylation is 1. The molecule has 41 heavy (non-hydrogen) atoms. The first-order chi connectivity index (χ1) is 19.9. The van der Waals surface area contributed by atoms with Crippen LogP contribution in [-0.2, 0) is 17.6 Å². The number of unbranched alkanes of at least 4 members (excludes halogenated alkanes) is 6. The molecule has 1 aromatic heterocycles. The molecule has 1 heterocycles. The van der Waals surface area contributed by atoms with E-state index in [9.17, 15) is 4.79 Å². The Morgan fingerprint density at radius 3 is 2.46 bits per heavy atom. The van der Waals surface area contributed by atoms with Crippen molar-refractivity contribution < 1.29 is 14.3 Å². The predicted molar refractivity (Wildman–Crippen MR) is 172 cm³/mol. The third-order valence-electron chi connectivity index (χ3n) is 8.47. The SMILES string of the molecule is CC(C)N(C)C1CCc2oc3ccc(Nc4cccc5ccccc45)cc3c2C1.CCCCCCCCCC(=O)O. The zero-order valence-electron chi connectivity index (χ0n) is 25.4. The molecule has 5 rings (SSSR count). The summed E-state index contributed by atoms with van der Waals surface area (Å²) in [5.74, 6) is 0.513. The minimum absolute atomic E-state index is 0.341. The van der Waals surface area contributed by atoms with Gasteiger partial charge in [-0.15, -0.1) is 0 Å². The number of rotatable bonds is 12. The number of carboxylic acid groups (broad SMARTS) is 1. The smallest absolute Gasteiger partial charge is 0.303 e. The summed E-state index contributed by atoms with van der Waals surface area (Å²) in [6.07, 6.45) is 11.9. The van der Waals surface area contributed by atoms with Crippen molar-refractivity contribution in [1.82, 2.24) is 4.90 Å². The van der Waals surface area contributed by atoms with Crippen LogP contribution in [0, 0.1) is 0 Å². The van der Waals surface area contributed by atoms with Crippen LogP contribution in [0.25, 0.3) is 21.7 Å². The second kappa shape index (κ2) is 15.1. The number of anilines is 2. The van der Waals surface area contributed by atoms with Gasteiger partial charge in [-0.2, -0.15) is 0 Å². The molecule has 0 aliphatic heterocycles. The Hall–Kier alpha value is -3.31. The highest BCUT2D eigenvalue weighted by Crippen LogP contribution is 2.36. The van der Waals surface area contributed by atoms with Gasteiger partial charge in [0.25, 0.3) is 0 Å². The summed E-state index contributed by atoms with van der Waals surface area (Å²) in [6, 6.07) is 22.5. The summed E-state index contributed by atoms with van der Waals surface area (Å²) in [7, 11) is 2.25. The Morgan fingerprint density at radius 1 is 0.976 bits per heavy atom. The number of nitrogens with zero attached hydrogens (tertiary/aromatic N) is 1. The standard InChI is InChI=1S/C26H28N2O.C10H20O2/c1-17(2)28(3)20-12-14-26-23(16-20)22-15-19(11-13-25(22)29-26)27-24-10-6-8-18-7-4-5-9-21(18)24;1-2-3-4-5-6-7-8-9-10(11)12/h4-11,13,15,17,20,27H,12,14,16H2,1-3H3;2-9H2,1H3,(H,11,12). The van der Waals surface area contributed by atoms with E-state index < -0.39 is 5.97 Å². The minimum atomic E-state index is -0.663. The Kier molecular flexibility index (Phi) is 11.3. The molecule has 1 aliphatic carbocycles. The Labute approximate surface area is 245 Å². The maximum absolute atomic E-state index is 10.1. The van der Waals surface area contributed by atoms with Crippen molar-refractivity contribution in [2.24, 2.45) is 0 Å². The molecule has 1 aliphatic rings. The van der Waals surface area contributed by atoms with Crippen LogP contribution in [-0.4, -0.2) is 35.1 Å². The molecule has 0 saturated heterocycles. The first kappa shape index (κ1) is 30.6. The fraction of sp³-hybridized carbons (Fsp3) is 0.472. The molecule has 0 bridgehead atoms. The summed E-state index contributed by atoms with van der Waals surface area (Å²) in [5.41, 5.74) is 4.64. The first-order valence-corrected chi connectivity index (χ1v) is 15.6. The van der Waals surface area contributed by atoms with Gasteiger partial charge in [0.1, 0.15) is 11.3 Å². The molecule has 5 nitrogen and oxygen atoms in total. The van der Waals surface area contributed by atoms with Crippen LogP contribution in [0.4, 0.5) is 11.4 Å². The quantitative estimate of drug-likeness (QED) is 0.170. The molecular formula is C36H48N2O3. The normalized spacial score (nSPS) is 14.7. The van der Waals surface area contributed by atoms with Crippen molar-refractivity contribution >= 4 is 39.1 Å². The molecule has 3 aromatic carbocycles. The van der Waals surface area contributed by atoms with Gasteiger partial charge in [-0.05, 0) is 69.8 Å². The van der Waals surface area contributed by atoms with Crippen LogP contribution in [0.1, 0.15) is 89.9 Å². The molecule has 0 fully saturated rings. The van der Waals surface area contributed by atoms with Crippen molar-refractivity contribution in [2.75, 3.05) is 12.4 Å². The van der Waals surface area contributed by atoms with Gasteiger partial charge in [0.15, 0.2) is 0 Å². The van der Waals surface area contributed by atoms with Gasteiger partial charge in [0.05, 0.1) is 0 Å². The Balaban J connectivity index is 0.000000275. The molecule has 1 unspecified atom stereocenters. The highest BCUT2D eigenvalue weighted by atomic mass is 16.4. The Bertz CT molecular complexity index is 1400. The number of fused-ring (bicyclic) bond motifs is 4. The highest BCUT2D eigenvalue weighted by Gasteiger charge is 2.27. The number of benzene rings is 3. The van der Waals surface area contributed by atoms with Crippen LogP contribution in [0.2, 0.25) is 0 Å². The van der Waals surface area contributed by atoms with Crippen molar-refractivity contribution in [3.8, 4) is 0 Å². The van der Waals surface area contributed by atoms with E-state index >= 15 is 0 Å². The predicted octanol–water partition coefficient (Wildman–Crippen LogP) is 9.74. The van der Waals surface area contributed by atoms with E-state index in [0.717, 1.165) is 42.6 Å². The van der Waals surface area contributed by atoms with Crippen molar-refractivity contribution in [1.29, 1.82) is 0 Å². The lowest BCUT2D eigenvalue weighted by molar-refractivity contribution is -0.137. The number of carboxylic acids is 1. The molecule has 0 spiro atoms. The number of aliphatic carboxylic acids is 1. The van der Waals surface area contributed by atoms with E-state index in [2.05, 4.69) is 98.7 Å². The van der Waals surface area contributed by atoms with Crippen LogP contribution in [0.3, 0.4) is 0 Å².